The van der Waals surface area contributed by atoms with Crippen LogP contribution in [0.1, 0.15) is 27.7 Å². The largest absolute Gasteiger partial charge is 0.394 e. The van der Waals surface area contributed by atoms with Crippen molar-refractivity contribution in [3.8, 4) is 0 Å². The van der Waals surface area contributed by atoms with E-state index < -0.39 is 80.2 Å². The first-order chi connectivity index (χ1) is 14.6. The van der Waals surface area contributed by atoms with Crippen LogP contribution in [0.5, 0.6) is 0 Å². The Hall–Kier alpha value is -1.38. The molecule has 2 saturated heterocycles. The van der Waals surface area contributed by atoms with Crippen LogP contribution in [-0.2, 0) is 28.5 Å². The molecule has 0 aromatic heterocycles. The van der Waals surface area contributed by atoms with Gasteiger partial charge in [-0.2, -0.15) is 0 Å². The van der Waals surface area contributed by atoms with Crippen molar-refractivity contribution in [2.24, 2.45) is 0 Å². The molecule has 6 N–H and O–H groups in total. The van der Waals surface area contributed by atoms with Gasteiger partial charge in [0.1, 0.15) is 42.7 Å². The van der Waals surface area contributed by atoms with Gasteiger partial charge in [-0.1, -0.05) is 0 Å². The first-order valence-corrected chi connectivity index (χ1v) is 10.3. The zero-order valence-electron chi connectivity index (χ0n) is 18.1. The van der Waals surface area contributed by atoms with Gasteiger partial charge in [0.05, 0.1) is 25.4 Å². The fraction of sp³-hybridized carbons (Fsp3) is 0.895. The van der Waals surface area contributed by atoms with Crippen molar-refractivity contribution in [2.45, 2.75) is 88.8 Å². The molecular weight excluding hydrogens is 416 g/mol. The molecule has 2 fully saturated rings. The van der Waals surface area contributed by atoms with E-state index in [9.17, 15) is 30.0 Å². The molecule has 0 bridgehead atoms. The summed E-state index contributed by atoms with van der Waals surface area (Å²) in [7, 11) is 0. The molecule has 0 spiro atoms. The summed E-state index contributed by atoms with van der Waals surface area (Å²) in [6.45, 7) is 5.14. The number of aliphatic hydroxyl groups is 4. The number of amides is 2. The highest BCUT2D eigenvalue weighted by molar-refractivity contribution is 5.73. The maximum Gasteiger partial charge on any atom is 0.217 e. The minimum atomic E-state index is -1.31. The fourth-order valence-electron chi connectivity index (χ4n) is 4.02. The monoisotopic (exact) mass is 450 g/mol. The highest BCUT2D eigenvalue weighted by atomic mass is 16.7. The zero-order valence-corrected chi connectivity index (χ0v) is 18.1. The molecule has 0 radical (unpaired) electrons. The molecule has 2 aliphatic rings. The summed E-state index contributed by atoms with van der Waals surface area (Å²) >= 11 is 0. The van der Waals surface area contributed by atoms with Gasteiger partial charge in [0.25, 0.3) is 0 Å². The van der Waals surface area contributed by atoms with Gasteiger partial charge in [-0.25, -0.2) is 0 Å². The van der Waals surface area contributed by atoms with Gasteiger partial charge >= 0.3 is 0 Å². The quantitative estimate of drug-likeness (QED) is 0.223. The van der Waals surface area contributed by atoms with Gasteiger partial charge in [0.15, 0.2) is 6.29 Å². The molecule has 2 amide bonds. The van der Waals surface area contributed by atoms with Crippen molar-refractivity contribution in [3.63, 3.8) is 0 Å². The van der Waals surface area contributed by atoms with E-state index >= 15 is 0 Å². The Kier molecular flexibility index (Phi) is 9.58. The van der Waals surface area contributed by atoms with Crippen molar-refractivity contribution in [3.05, 3.63) is 0 Å². The van der Waals surface area contributed by atoms with E-state index in [4.69, 9.17) is 18.9 Å². The Labute approximate surface area is 180 Å². The molecule has 12 nitrogen and oxygen atoms in total. The van der Waals surface area contributed by atoms with Gasteiger partial charge in [-0.15, -0.1) is 0 Å². The lowest BCUT2D eigenvalue weighted by Gasteiger charge is -2.48. The van der Waals surface area contributed by atoms with E-state index in [-0.39, 0.29) is 12.5 Å². The molecule has 180 valence electrons. The summed E-state index contributed by atoms with van der Waals surface area (Å²) in [6, 6.07) is -1.93. The van der Waals surface area contributed by atoms with Crippen LogP contribution in [0.2, 0.25) is 0 Å². The van der Waals surface area contributed by atoms with Crippen molar-refractivity contribution >= 4 is 11.8 Å². The average molecular weight is 450 g/mol. The third kappa shape index (κ3) is 6.11. The molecule has 0 aliphatic carbocycles. The van der Waals surface area contributed by atoms with Gasteiger partial charge in [0, 0.05) is 20.5 Å². The number of carbonyl (C=O) groups excluding carboxylic acids is 2. The molecule has 0 aromatic rings. The average Bonchev–Trinajstić information content (AvgIpc) is 2.71. The SMILES string of the molecule is CCO[C@@H]1C(CO)O[C@@H](O[C@H]2C(O)C(NC(C)=O)[C@H](C)O[C@H]2CO)C(NC(C)=O)[C@H]1O. The number of carbonyl (C=O) groups is 2. The van der Waals surface area contributed by atoms with E-state index in [0.717, 1.165) is 0 Å². The smallest absolute Gasteiger partial charge is 0.217 e. The van der Waals surface area contributed by atoms with Crippen molar-refractivity contribution in [1.82, 2.24) is 10.6 Å². The molecule has 4 unspecified atom stereocenters. The van der Waals surface area contributed by atoms with Crippen molar-refractivity contribution in [2.75, 3.05) is 19.8 Å². The van der Waals surface area contributed by atoms with E-state index in [1.165, 1.54) is 13.8 Å². The highest BCUT2D eigenvalue weighted by Gasteiger charge is 2.51. The lowest BCUT2D eigenvalue weighted by molar-refractivity contribution is -0.317. The Bertz CT molecular complexity index is 608. The molecule has 0 aromatic carbocycles. The highest BCUT2D eigenvalue weighted by Crippen LogP contribution is 2.30. The van der Waals surface area contributed by atoms with Crippen LogP contribution in [0.15, 0.2) is 0 Å². The van der Waals surface area contributed by atoms with Crippen molar-refractivity contribution < 1.29 is 49.0 Å². The molecule has 2 aliphatic heterocycles. The summed E-state index contributed by atoms with van der Waals surface area (Å²) in [5.74, 6) is -0.857. The number of nitrogens with one attached hydrogen (secondary N) is 2. The number of hydrogen-bond donors (Lipinski definition) is 6. The van der Waals surface area contributed by atoms with E-state index in [0.29, 0.717) is 0 Å². The van der Waals surface area contributed by atoms with E-state index in [1.807, 2.05) is 0 Å². The first kappa shape index (κ1) is 25.9. The van der Waals surface area contributed by atoms with Crippen LogP contribution < -0.4 is 10.6 Å². The second-order valence-corrected chi connectivity index (χ2v) is 7.74. The van der Waals surface area contributed by atoms with Crippen molar-refractivity contribution in [1.29, 1.82) is 0 Å². The second kappa shape index (κ2) is 11.5. The maximum absolute atomic E-state index is 11.7. The third-order valence-electron chi connectivity index (χ3n) is 5.39. The molecule has 10 atom stereocenters. The standard InChI is InChI=1S/C19H34N2O10/c1-5-28-17-11(6-22)30-19(14(16(17)27)21-10(4)25)31-18-12(7-23)29-8(2)13(15(18)26)20-9(3)24/h8,11-19,22-23,26-27H,5-7H2,1-4H3,(H,20,24)(H,21,25)/t8-,11?,12-,13?,14?,15?,16+,17+,18+,19-/m0/s1. The molecular formula is C19H34N2O10. The first-order valence-electron chi connectivity index (χ1n) is 10.3. The predicted molar refractivity (Wildman–Crippen MR) is 105 cm³/mol. The van der Waals surface area contributed by atoms with Crippen LogP contribution in [0.3, 0.4) is 0 Å². The minimum absolute atomic E-state index is 0.234. The Morgan fingerprint density at radius 2 is 1.42 bits per heavy atom. The van der Waals surface area contributed by atoms with Crippen LogP contribution in [0.4, 0.5) is 0 Å². The molecule has 31 heavy (non-hydrogen) atoms. The Morgan fingerprint density at radius 3 is 1.94 bits per heavy atom. The summed E-state index contributed by atoms with van der Waals surface area (Å²) in [4.78, 5) is 23.3. The minimum Gasteiger partial charge on any atom is -0.394 e. The number of ether oxygens (including phenoxy) is 4. The van der Waals surface area contributed by atoms with E-state index in [2.05, 4.69) is 10.6 Å². The number of rotatable bonds is 8. The summed E-state index contributed by atoms with van der Waals surface area (Å²) in [5, 5.41) is 46.3. The Balaban J connectivity index is 2.29. The predicted octanol–water partition coefficient (Wildman–Crippen LogP) is -3.00. The molecule has 12 heteroatoms. The van der Waals surface area contributed by atoms with Gasteiger partial charge < -0.3 is 50.0 Å². The van der Waals surface area contributed by atoms with Gasteiger partial charge in [-0.05, 0) is 13.8 Å². The maximum atomic E-state index is 11.7. The molecule has 2 heterocycles. The van der Waals surface area contributed by atoms with Crippen LogP contribution >= 0.6 is 0 Å². The van der Waals surface area contributed by atoms with Gasteiger partial charge in [0.2, 0.25) is 11.8 Å². The molecule has 0 saturated carbocycles. The zero-order chi connectivity index (χ0) is 23.3. The van der Waals surface area contributed by atoms with Gasteiger partial charge in [-0.3, -0.25) is 9.59 Å². The van der Waals surface area contributed by atoms with Crippen LogP contribution in [0.25, 0.3) is 0 Å². The third-order valence-corrected chi connectivity index (χ3v) is 5.39. The van der Waals surface area contributed by atoms with E-state index in [1.54, 1.807) is 13.8 Å². The Morgan fingerprint density at radius 1 is 0.903 bits per heavy atom. The van der Waals surface area contributed by atoms with Crippen LogP contribution in [0, 0.1) is 0 Å². The topological polar surface area (TPSA) is 176 Å². The number of hydrogen-bond acceptors (Lipinski definition) is 10. The summed E-state index contributed by atoms with van der Waals surface area (Å²) < 4.78 is 22.8. The van der Waals surface area contributed by atoms with Crippen LogP contribution in [-0.4, -0.2) is 113 Å². The number of aliphatic hydroxyl groups excluding tert-OH is 4. The molecule has 2 rings (SSSR count). The summed E-state index contributed by atoms with van der Waals surface area (Å²) in [5.41, 5.74) is 0. The fourth-order valence-corrected chi connectivity index (χ4v) is 4.02. The summed E-state index contributed by atoms with van der Waals surface area (Å²) in [6.07, 6.45) is -8.55. The lowest BCUT2D eigenvalue weighted by Crippen LogP contribution is -2.69. The normalized spacial score (nSPS) is 40.9. The second-order valence-electron chi connectivity index (χ2n) is 7.74. The lowest BCUT2D eigenvalue weighted by atomic mass is 9.92.